The Morgan fingerprint density at radius 1 is 1.09 bits per heavy atom. The first-order valence-corrected chi connectivity index (χ1v) is 11.0. The molecule has 7 nitrogen and oxygen atoms in total. The minimum absolute atomic E-state index is 0.0779. The maximum Gasteiger partial charge on any atom is 0.270 e. The van der Waals surface area contributed by atoms with Crippen molar-refractivity contribution in [1.29, 1.82) is 0 Å². The van der Waals surface area contributed by atoms with Gasteiger partial charge in [0.25, 0.3) is 11.6 Å². The highest BCUT2D eigenvalue weighted by molar-refractivity contribution is 6.37. The van der Waals surface area contributed by atoms with E-state index in [0.717, 1.165) is 21.8 Å². The molecule has 1 heterocycles. The monoisotopic (exact) mass is 474 g/mol. The van der Waals surface area contributed by atoms with Gasteiger partial charge in [-0.05, 0) is 49.5 Å². The number of nitro benzene ring substituents is 1. The highest BCUT2D eigenvalue weighted by Crippen LogP contribution is 2.39. The first kappa shape index (κ1) is 23.2. The molecule has 0 aliphatic carbocycles. The van der Waals surface area contributed by atoms with Crippen molar-refractivity contribution in [2.75, 3.05) is 31.3 Å². The smallest absolute Gasteiger partial charge is 0.270 e. The molecule has 0 saturated carbocycles. The van der Waals surface area contributed by atoms with Crippen molar-refractivity contribution >= 4 is 51.9 Å². The van der Waals surface area contributed by atoms with E-state index in [-0.39, 0.29) is 11.6 Å². The molecule has 0 saturated heterocycles. The zero-order valence-corrected chi connectivity index (χ0v) is 19.5. The second kappa shape index (κ2) is 9.91. The van der Waals surface area contributed by atoms with Crippen molar-refractivity contribution in [3.05, 3.63) is 105 Å². The molecular formula is C26H23ClN4O3. The van der Waals surface area contributed by atoms with E-state index < -0.39 is 4.92 Å². The Bertz CT molecular complexity index is 1300. The van der Waals surface area contributed by atoms with Crippen molar-refractivity contribution in [3.63, 3.8) is 0 Å². The lowest BCUT2D eigenvalue weighted by Gasteiger charge is -2.15. The maximum absolute atomic E-state index is 13.0. The Hall–Kier alpha value is -3.94. The van der Waals surface area contributed by atoms with Crippen LogP contribution in [0.5, 0.6) is 0 Å². The number of nitrogens with one attached hydrogen (secondary N) is 2. The van der Waals surface area contributed by atoms with E-state index in [1.807, 2.05) is 79.7 Å². The Kier molecular flexibility index (Phi) is 6.77. The topological polar surface area (TPSA) is 87.5 Å². The van der Waals surface area contributed by atoms with Crippen LogP contribution < -0.4 is 10.6 Å². The van der Waals surface area contributed by atoms with E-state index >= 15 is 0 Å². The van der Waals surface area contributed by atoms with Gasteiger partial charge in [0.05, 0.1) is 16.2 Å². The van der Waals surface area contributed by atoms with Gasteiger partial charge >= 0.3 is 0 Å². The fourth-order valence-corrected chi connectivity index (χ4v) is 4.10. The summed E-state index contributed by atoms with van der Waals surface area (Å²) in [6.45, 7) is 0.645. The first-order chi connectivity index (χ1) is 16.3. The molecule has 172 valence electrons. The fourth-order valence-electron chi connectivity index (χ4n) is 3.74. The molecule has 3 aromatic carbocycles. The first-order valence-electron chi connectivity index (χ1n) is 10.6. The third-order valence-corrected chi connectivity index (χ3v) is 5.47. The van der Waals surface area contributed by atoms with Crippen LogP contribution in [-0.4, -0.2) is 36.4 Å². The van der Waals surface area contributed by atoms with E-state index in [4.69, 9.17) is 11.6 Å². The summed E-state index contributed by atoms with van der Waals surface area (Å²) < 4.78 is 0. The van der Waals surface area contributed by atoms with Crippen LogP contribution in [0.4, 0.5) is 17.1 Å². The normalized spacial score (nSPS) is 14.6. The number of hydrogen-bond acceptors (Lipinski definition) is 5. The molecule has 1 amide bonds. The zero-order chi connectivity index (χ0) is 24.2. The molecule has 0 fully saturated rings. The lowest BCUT2D eigenvalue weighted by atomic mass is 9.99. The van der Waals surface area contributed by atoms with Crippen LogP contribution in [0.25, 0.3) is 17.3 Å². The van der Waals surface area contributed by atoms with Crippen LogP contribution in [0.15, 0.2) is 77.8 Å². The van der Waals surface area contributed by atoms with Crippen LogP contribution in [0.3, 0.4) is 0 Å². The van der Waals surface area contributed by atoms with Crippen LogP contribution in [0.1, 0.15) is 16.7 Å². The van der Waals surface area contributed by atoms with Crippen molar-refractivity contribution < 1.29 is 9.72 Å². The molecule has 0 bridgehead atoms. The average molecular weight is 475 g/mol. The van der Waals surface area contributed by atoms with Gasteiger partial charge in [0, 0.05) is 40.6 Å². The molecule has 1 aliphatic rings. The van der Waals surface area contributed by atoms with Crippen LogP contribution in [0.2, 0.25) is 0 Å². The second-order valence-electron chi connectivity index (χ2n) is 8.13. The maximum atomic E-state index is 13.0. The molecule has 0 unspecified atom stereocenters. The van der Waals surface area contributed by atoms with Crippen LogP contribution in [0, 0.1) is 10.1 Å². The Balaban J connectivity index is 1.75. The summed E-state index contributed by atoms with van der Waals surface area (Å²) in [5, 5.41) is 18.2. The highest BCUT2D eigenvalue weighted by Gasteiger charge is 2.30. The Morgan fingerprint density at radius 3 is 2.44 bits per heavy atom. The lowest BCUT2D eigenvalue weighted by Crippen LogP contribution is -2.12. The number of benzene rings is 3. The SMILES string of the molecule is CN(C)CC(Cl)=Cc1ccc(NC(=C2C(=O)Nc3ccc([N+](=O)[O-])cc32)c2ccccc2)cc1. The minimum atomic E-state index is -0.468. The number of amides is 1. The average Bonchev–Trinajstić information content (AvgIpc) is 3.13. The largest absolute Gasteiger partial charge is 0.354 e. The van der Waals surface area contributed by atoms with Gasteiger partial charge < -0.3 is 15.5 Å². The van der Waals surface area contributed by atoms with Crippen molar-refractivity contribution in [2.45, 2.75) is 0 Å². The number of non-ortho nitro benzene ring substituents is 1. The van der Waals surface area contributed by atoms with Crippen molar-refractivity contribution in [2.24, 2.45) is 0 Å². The quantitative estimate of drug-likeness (QED) is 0.262. The van der Waals surface area contributed by atoms with Gasteiger partial charge in [0.1, 0.15) is 0 Å². The number of nitrogens with zero attached hydrogens (tertiary/aromatic N) is 2. The van der Waals surface area contributed by atoms with Crippen LogP contribution in [-0.2, 0) is 4.79 Å². The van der Waals surface area contributed by atoms with Crippen molar-refractivity contribution in [3.8, 4) is 0 Å². The Labute approximate surface area is 202 Å². The molecule has 0 radical (unpaired) electrons. The van der Waals surface area contributed by atoms with Crippen molar-refractivity contribution in [1.82, 2.24) is 4.90 Å². The fraction of sp³-hybridized carbons (Fsp3) is 0.115. The summed E-state index contributed by atoms with van der Waals surface area (Å²) >= 11 is 6.30. The van der Waals surface area contributed by atoms with Gasteiger partial charge in [-0.15, -0.1) is 0 Å². The Morgan fingerprint density at radius 2 is 1.79 bits per heavy atom. The predicted octanol–water partition coefficient (Wildman–Crippen LogP) is 5.67. The number of anilines is 2. The molecule has 34 heavy (non-hydrogen) atoms. The predicted molar refractivity (Wildman–Crippen MR) is 137 cm³/mol. The third kappa shape index (κ3) is 5.17. The number of halogens is 1. The van der Waals surface area contributed by atoms with Gasteiger partial charge in [0.15, 0.2) is 0 Å². The number of carbonyl (C=O) groups excluding carboxylic acids is 1. The summed E-state index contributed by atoms with van der Waals surface area (Å²) in [6, 6.07) is 21.4. The molecule has 0 spiro atoms. The minimum Gasteiger partial charge on any atom is -0.354 e. The summed E-state index contributed by atoms with van der Waals surface area (Å²) in [5.41, 5.74) is 4.35. The number of carbonyl (C=O) groups is 1. The van der Waals surface area contributed by atoms with Gasteiger partial charge in [-0.25, -0.2) is 0 Å². The van der Waals surface area contributed by atoms with Gasteiger partial charge in [-0.1, -0.05) is 54.1 Å². The number of nitro groups is 1. The van der Waals surface area contributed by atoms with E-state index in [0.29, 0.717) is 29.1 Å². The highest BCUT2D eigenvalue weighted by atomic mass is 35.5. The van der Waals surface area contributed by atoms with Crippen LogP contribution >= 0.6 is 11.6 Å². The number of rotatable bonds is 7. The molecule has 1 aliphatic heterocycles. The molecule has 2 N–H and O–H groups in total. The van der Waals surface area contributed by atoms with E-state index in [1.54, 1.807) is 6.07 Å². The molecule has 0 atom stereocenters. The van der Waals surface area contributed by atoms with E-state index in [2.05, 4.69) is 10.6 Å². The summed E-state index contributed by atoms with van der Waals surface area (Å²) in [4.78, 5) is 25.8. The van der Waals surface area contributed by atoms with E-state index in [9.17, 15) is 14.9 Å². The van der Waals surface area contributed by atoms with Gasteiger partial charge in [-0.2, -0.15) is 0 Å². The molecule has 3 aromatic rings. The lowest BCUT2D eigenvalue weighted by molar-refractivity contribution is -0.384. The van der Waals surface area contributed by atoms with Gasteiger partial charge in [0.2, 0.25) is 0 Å². The van der Waals surface area contributed by atoms with Gasteiger partial charge in [-0.3, -0.25) is 14.9 Å². The number of fused-ring (bicyclic) bond motifs is 1. The summed E-state index contributed by atoms with van der Waals surface area (Å²) in [7, 11) is 3.90. The zero-order valence-electron chi connectivity index (χ0n) is 18.7. The second-order valence-corrected chi connectivity index (χ2v) is 8.62. The molecular weight excluding hydrogens is 452 g/mol. The summed E-state index contributed by atoms with van der Waals surface area (Å²) in [6.07, 6.45) is 1.90. The molecule has 8 heteroatoms. The van der Waals surface area contributed by atoms with E-state index in [1.165, 1.54) is 12.1 Å². The number of likely N-dealkylation sites (N-methyl/N-ethyl adjacent to an activating group) is 1. The summed E-state index contributed by atoms with van der Waals surface area (Å²) in [5.74, 6) is -0.322. The standard InChI is InChI=1S/C26H23ClN4O3/c1-30(2)16-19(27)14-17-8-10-20(11-9-17)28-25(18-6-4-3-5-7-18)24-22-15-21(31(33)34)12-13-23(22)29-26(24)32/h3-15,28H,16H2,1-2H3,(H,29,32). The third-order valence-electron chi connectivity index (χ3n) is 5.24. The molecule has 0 aromatic heterocycles. The number of hydrogen-bond donors (Lipinski definition) is 2. The molecule has 4 rings (SSSR count).